The first-order chi connectivity index (χ1) is 8.66. The quantitative estimate of drug-likeness (QED) is 0.603. The molecule has 1 aliphatic rings. The maximum absolute atomic E-state index is 12.7. The zero-order valence-electron chi connectivity index (χ0n) is 10.4. The fraction of sp³-hybridized carbons (Fsp3) is 0.400. The lowest BCUT2D eigenvalue weighted by Gasteiger charge is -2.24. The third-order valence-corrected chi connectivity index (χ3v) is 3.43. The van der Waals surface area contributed by atoms with Gasteiger partial charge < -0.3 is 4.74 Å². The van der Waals surface area contributed by atoms with Gasteiger partial charge in [0.2, 0.25) is 0 Å². The molecule has 0 radical (unpaired) electrons. The van der Waals surface area contributed by atoms with Gasteiger partial charge in [0.1, 0.15) is 5.82 Å². The fourth-order valence-electron chi connectivity index (χ4n) is 2.09. The monoisotopic (exact) mass is 248 g/mol. The Kier molecular flexibility index (Phi) is 4.13. The van der Waals surface area contributed by atoms with Crippen LogP contribution in [0.2, 0.25) is 0 Å². The molecular weight excluding hydrogens is 231 g/mol. The Morgan fingerprint density at radius 1 is 1.28 bits per heavy atom. The second-order valence-corrected chi connectivity index (χ2v) is 4.79. The van der Waals surface area contributed by atoms with Crippen molar-refractivity contribution in [2.45, 2.75) is 19.8 Å². The van der Waals surface area contributed by atoms with Gasteiger partial charge in [-0.2, -0.15) is 0 Å². The van der Waals surface area contributed by atoms with Gasteiger partial charge in [0.15, 0.2) is 0 Å². The molecular formula is C15H17FO2. The van der Waals surface area contributed by atoms with Gasteiger partial charge in [-0.05, 0) is 48.9 Å². The highest BCUT2D eigenvalue weighted by atomic mass is 19.1. The molecule has 1 aliphatic carbocycles. The molecule has 0 bridgehead atoms. The number of esters is 1. The number of carbonyl (C=O) groups is 1. The van der Waals surface area contributed by atoms with E-state index >= 15 is 0 Å². The second-order valence-electron chi connectivity index (χ2n) is 4.79. The SMILES string of the molecule is CC1CC=CCC1COC(=O)c1ccc(F)cc1. The van der Waals surface area contributed by atoms with Gasteiger partial charge in [-0.25, -0.2) is 9.18 Å². The number of halogens is 1. The van der Waals surface area contributed by atoms with E-state index in [9.17, 15) is 9.18 Å². The summed E-state index contributed by atoms with van der Waals surface area (Å²) in [6.07, 6.45) is 6.30. The lowest BCUT2D eigenvalue weighted by molar-refractivity contribution is 0.0395. The minimum absolute atomic E-state index is 0.349. The first-order valence-corrected chi connectivity index (χ1v) is 6.24. The maximum atomic E-state index is 12.7. The molecule has 0 saturated heterocycles. The Hall–Kier alpha value is -1.64. The summed E-state index contributed by atoms with van der Waals surface area (Å²) in [4.78, 5) is 11.7. The Bertz CT molecular complexity index is 436. The van der Waals surface area contributed by atoms with E-state index in [0.29, 0.717) is 24.0 Å². The van der Waals surface area contributed by atoms with E-state index in [1.165, 1.54) is 24.3 Å². The molecule has 0 N–H and O–H groups in total. The Balaban J connectivity index is 1.88. The van der Waals surface area contributed by atoms with Crippen molar-refractivity contribution in [1.82, 2.24) is 0 Å². The van der Waals surface area contributed by atoms with Gasteiger partial charge >= 0.3 is 5.97 Å². The zero-order chi connectivity index (χ0) is 13.0. The van der Waals surface area contributed by atoms with Crippen molar-refractivity contribution in [3.05, 3.63) is 47.8 Å². The highest BCUT2D eigenvalue weighted by Crippen LogP contribution is 2.25. The van der Waals surface area contributed by atoms with Gasteiger partial charge in [-0.3, -0.25) is 0 Å². The average Bonchev–Trinajstić information content (AvgIpc) is 2.38. The van der Waals surface area contributed by atoms with Crippen LogP contribution < -0.4 is 0 Å². The van der Waals surface area contributed by atoms with Crippen LogP contribution in [0.25, 0.3) is 0 Å². The molecule has 1 aromatic rings. The number of hydrogen-bond donors (Lipinski definition) is 0. The molecule has 0 aromatic heterocycles. The van der Waals surface area contributed by atoms with E-state index in [0.717, 1.165) is 12.8 Å². The van der Waals surface area contributed by atoms with Gasteiger partial charge in [0, 0.05) is 0 Å². The summed E-state index contributed by atoms with van der Waals surface area (Å²) >= 11 is 0. The molecule has 3 heteroatoms. The normalized spacial score (nSPS) is 22.8. The van der Waals surface area contributed by atoms with Crippen molar-refractivity contribution in [3.8, 4) is 0 Å². The molecule has 0 fully saturated rings. The minimum Gasteiger partial charge on any atom is -0.462 e. The predicted molar refractivity (Wildman–Crippen MR) is 67.7 cm³/mol. The second kappa shape index (κ2) is 5.80. The molecule has 18 heavy (non-hydrogen) atoms. The minimum atomic E-state index is -0.378. The summed E-state index contributed by atoms with van der Waals surface area (Å²) < 4.78 is 18.0. The molecule has 1 aromatic carbocycles. The summed E-state index contributed by atoms with van der Waals surface area (Å²) in [5, 5.41) is 0. The summed E-state index contributed by atoms with van der Waals surface area (Å²) in [6.45, 7) is 2.60. The Labute approximate surface area is 106 Å². The molecule has 2 nitrogen and oxygen atoms in total. The standard InChI is InChI=1S/C15H17FO2/c1-11-4-2-3-5-13(11)10-18-15(17)12-6-8-14(16)9-7-12/h2-3,6-9,11,13H,4-5,10H2,1H3. The van der Waals surface area contributed by atoms with Crippen LogP contribution in [0.15, 0.2) is 36.4 Å². The van der Waals surface area contributed by atoms with E-state index in [-0.39, 0.29) is 11.8 Å². The number of allylic oxidation sites excluding steroid dienone is 2. The van der Waals surface area contributed by atoms with Crippen molar-refractivity contribution >= 4 is 5.97 Å². The van der Waals surface area contributed by atoms with Crippen LogP contribution in [0.4, 0.5) is 4.39 Å². The van der Waals surface area contributed by atoms with Crippen LogP contribution in [0.1, 0.15) is 30.1 Å². The first kappa shape index (κ1) is 12.8. The van der Waals surface area contributed by atoms with Crippen LogP contribution >= 0.6 is 0 Å². The van der Waals surface area contributed by atoms with Gasteiger partial charge in [0.05, 0.1) is 12.2 Å². The van der Waals surface area contributed by atoms with Crippen LogP contribution in [0.5, 0.6) is 0 Å². The summed E-state index contributed by atoms with van der Waals surface area (Å²) in [6, 6.07) is 5.43. The highest BCUT2D eigenvalue weighted by molar-refractivity contribution is 5.89. The van der Waals surface area contributed by atoms with Crippen molar-refractivity contribution < 1.29 is 13.9 Å². The molecule has 2 unspecified atom stereocenters. The fourth-order valence-corrected chi connectivity index (χ4v) is 2.09. The van der Waals surface area contributed by atoms with Gasteiger partial charge in [-0.15, -0.1) is 0 Å². The number of rotatable bonds is 3. The summed E-state index contributed by atoms with van der Waals surface area (Å²) in [5.41, 5.74) is 0.399. The topological polar surface area (TPSA) is 26.3 Å². The van der Waals surface area contributed by atoms with Crippen LogP contribution in [-0.2, 0) is 4.74 Å². The summed E-state index contributed by atoms with van der Waals surface area (Å²) in [7, 11) is 0. The number of hydrogen-bond acceptors (Lipinski definition) is 2. The molecule has 0 spiro atoms. The van der Waals surface area contributed by atoms with Crippen molar-refractivity contribution in [3.63, 3.8) is 0 Å². The molecule has 0 aliphatic heterocycles. The van der Waals surface area contributed by atoms with Crippen molar-refractivity contribution in [1.29, 1.82) is 0 Å². The van der Waals surface area contributed by atoms with Crippen molar-refractivity contribution in [2.75, 3.05) is 6.61 Å². The van der Waals surface area contributed by atoms with E-state index in [2.05, 4.69) is 19.1 Å². The van der Waals surface area contributed by atoms with Crippen LogP contribution in [-0.4, -0.2) is 12.6 Å². The van der Waals surface area contributed by atoms with E-state index in [1.54, 1.807) is 0 Å². The van der Waals surface area contributed by atoms with Crippen molar-refractivity contribution in [2.24, 2.45) is 11.8 Å². The first-order valence-electron chi connectivity index (χ1n) is 6.24. The van der Waals surface area contributed by atoms with E-state index < -0.39 is 0 Å². The maximum Gasteiger partial charge on any atom is 0.338 e. The largest absolute Gasteiger partial charge is 0.462 e. The molecule has 2 atom stereocenters. The van der Waals surface area contributed by atoms with E-state index in [4.69, 9.17) is 4.74 Å². The van der Waals surface area contributed by atoms with Crippen LogP contribution in [0.3, 0.4) is 0 Å². The lowest BCUT2D eigenvalue weighted by atomic mass is 9.85. The predicted octanol–water partition coefficient (Wildman–Crippen LogP) is 3.58. The Morgan fingerprint density at radius 3 is 2.61 bits per heavy atom. The van der Waals surface area contributed by atoms with Crippen LogP contribution in [0, 0.1) is 17.7 Å². The molecule has 0 amide bonds. The molecule has 0 saturated carbocycles. The average molecular weight is 248 g/mol. The zero-order valence-corrected chi connectivity index (χ0v) is 10.4. The summed E-state index contributed by atoms with van der Waals surface area (Å²) in [5.74, 6) is 0.199. The highest BCUT2D eigenvalue weighted by Gasteiger charge is 2.20. The third-order valence-electron chi connectivity index (χ3n) is 3.43. The Morgan fingerprint density at radius 2 is 1.94 bits per heavy atom. The van der Waals surface area contributed by atoms with Gasteiger partial charge in [-0.1, -0.05) is 19.1 Å². The van der Waals surface area contributed by atoms with Gasteiger partial charge in [0.25, 0.3) is 0 Å². The third kappa shape index (κ3) is 3.19. The lowest BCUT2D eigenvalue weighted by Crippen LogP contribution is -2.21. The molecule has 0 heterocycles. The number of ether oxygens (including phenoxy) is 1. The molecule has 2 rings (SSSR count). The van der Waals surface area contributed by atoms with E-state index in [1.807, 2.05) is 0 Å². The smallest absolute Gasteiger partial charge is 0.338 e. The molecule has 96 valence electrons. The number of benzene rings is 1. The number of carbonyl (C=O) groups excluding carboxylic acids is 1.